The number of benzene rings is 2. The van der Waals surface area contributed by atoms with Crippen LogP contribution in [0.25, 0.3) is 0 Å². The molecule has 2 aromatic rings. The molecule has 4 heteroatoms. The molecule has 0 fully saturated rings. The maximum absolute atomic E-state index is 10.3. The first kappa shape index (κ1) is 22.4. The van der Waals surface area contributed by atoms with Crippen LogP contribution >= 0.6 is 0 Å². The van der Waals surface area contributed by atoms with Crippen molar-refractivity contribution in [2.45, 2.75) is 70.5 Å². The average molecular weight is 386 g/mol. The van der Waals surface area contributed by atoms with Gasteiger partial charge < -0.3 is 21.1 Å². The molecule has 0 aromatic heterocycles. The third-order valence-corrected chi connectivity index (χ3v) is 5.29. The highest BCUT2D eigenvalue weighted by Crippen LogP contribution is 2.25. The first-order valence-electron chi connectivity index (χ1n) is 10.5. The van der Waals surface area contributed by atoms with Crippen molar-refractivity contribution in [2.24, 2.45) is 5.73 Å². The fourth-order valence-corrected chi connectivity index (χ4v) is 3.47. The van der Waals surface area contributed by atoms with Crippen molar-refractivity contribution in [1.29, 1.82) is 0 Å². The zero-order valence-corrected chi connectivity index (χ0v) is 16.8. The van der Waals surface area contributed by atoms with E-state index in [1.165, 1.54) is 17.2 Å². The summed E-state index contributed by atoms with van der Waals surface area (Å²) in [5.74, 6) is 0.0713. The molecular weight excluding hydrogens is 350 g/mol. The third-order valence-electron chi connectivity index (χ3n) is 5.29. The molecule has 1 atom stereocenters. The van der Waals surface area contributed by atoms with E-state index in [-0.39, 0.29) is 12.4 Å². The van der Waals surface area contributed by atoms with Crippen molar-refractivity contribution in [3.8, 4) is 5.75 Å². The van der Waals surface area contributed by atoms with Crippen molar-refractivity contribution < 1.29 is 15.3 Å². The highest BCUT2D eigenvalue weighted by Gasteiger charge is 2.10. The third kappa shape index (κ3) is 7.63. The Hall–Kier alpha value is -1.88. The highest BCUT2D eigenvalue weighted by atomic mass is 16.3. The number of aryl methyl sites for hydroxylation is 2. The molecular formula is C24H35NO3. The van der Waals surface area contributed by atoms with Gasteiger partial charge in [-0.25, -0.2) is 0 Å². The summed E-state index contributed by atoms with van der Waals surface area (Å²) in [4.78, 5) is 0. The van der Waals surface area contributed by atoms with Crippen LogP contribution in [0, 0.1) is 0 Å². The summed E-state index contributed by atoms with van der Waals surface area (Å²) in [5, 5.41) is 29.1. The van der Waals surface area contributed by atoms with Crippen LogP contribution in [0.1, 0.15) is 73.3 Å². The van der Waals surface area contributed by atoms with Crippen LogP contribution in [0.5, 0.6) is 5.75 Å². The van der Waals surface area contributed by atoms with Crippen molar-refractivity contribution in [1.82, 2.24) is 0 Å². The Bertz CT molecular complexity index is 685. The van der Waals surface area contributed by atoms with Gasteiger partial charge in [0.1, 0.15) is 5.75 Å². The fraction of sp³-hybridized carbons (Fsp3) is 0.500. The number of hydrogen-bond acceptors (Lipinski definition) is 4. The van der Waals surface area contributed by atoms with Gasteiger partial charge in [-0.15, -0.1) is 0 Å². The molecule has 0 saturated heterocycles. The van der Waals surface area contributed by atoms with E-state index in [0.717, 1.165) is 63.5 Å². The van der Waals surface area contributed by atoms with Crippen LogP contribution in [-0.2, 0) is 19.4 Å². The molecule has 0 aliphatic carbocycles. The quantitative estimate of drug-likeness (QED) is 0.385. The van der Waals surface area contributed by atoms with Gasteiger partial charge in [0, 0.05) is 5.56 Å². The maximum Gasteiger partial charge on any atom is 0.121 e. The SMILES string of the molecule is NCCCCc1ccc(CCCCCC[C@H](O)c2ccc(O)c(CO)c2)cc1. The standard InChI is InChI=1S/C24H35NO3/c25-16-6-5-8-20-12-10-19(11-13-20)7-3-1-2-4-9-23(27)21-14-15-24(28)22(17-21)18-26/h10-15,17,23,26-28H,1-9,16,18,25H2/t23-/m0/s1. The number of phenols is 1. The molecule has 0 bridgehead atoms. The lowest BCUT2D eigenvalue weighted by atomic mass is 9.99. The van der Waals surface area contributed by atoms with Gasteiger partial charge in [-0.2, -0.15) is 0 Å². The van der Waals surface area contributed by atoms with E-state index in [4.69, 9.17) is 5.73 Å². The van der Waals surface area contributed by atoms with E-state index < -0.39 is 6.10 Å². The molecule has 0 radical (unpaired) electrons. The number of aliphatic hydroxyl groups excluding tert-OH is 2. The normalized spacial score (nSPS) is 12.2. The zero-order valence-electron chi connectivity index (χ0n) is 16.8. The Labute approximate surface area is 169 Å². The predicted molar refractivity (Wildman–Crippen MR) is 114 cm³/mol. The van der Waals surface area contributed by atoms with Gasteiger partial charge in [0.2, 0.25) is 0 Å². The van der Waals surface area contributed by atoms with Crippen LogP contribution in [0.3, 0.4) is 0 Å². The molecule has 2 rings (SSSR count). The minimum Gasteiger partial charge on any atom is -0.508 e. The Kier molecular flexibility index (Phi) is 10.0. The summed E-state index contributed by atoms with van der Waals surface area (Å²) in [5.41, 5.74) is 9.54. The van der Waals surface area contributed by atoms with E-state index in [0.29, 0.717) is 12.0 Å². The average Bonchev–Trinajstić information content (AvgIpc) is 2.72. The lowest BCUT2D eigenvalue weighted by molar-refractivity contribution is 0.163. The van der Waals surface area contributed by atoms with Gasteiger partial charge in [-0.3, -0.25) is 0 Å². The number of rotatable bonds is 13. The molecule has 0 amide bonds. The van der Waals surface area contributed by atoms with Gasteiger partial charge in [-0.05, 0) is 73.9 Å². The number of nitrogens with two attached hydrogens (primary N) is 1. The van der Waals surface area contributed by atoms with E-state index >= 15 is 0 Å². The largest absolute Gasteiger partial charge is 0.508 e. The van der Waals surface area contributed by atoms with Crippen molar-refractivity contribution >= 4 is 0 Å². The van der Waals surface area contributed by atoms with Gasteiger partial charge in [-0.1, -0.05) is 49.6 Å². The molecule has 0 spiro atoms. The summed E-state index contributed by atoms with van der Waals surface area (Å²) in [6, 6.07) is 13.9. The van der Waals surface area contributed by atoms with Gasteiger partial charge in [0.25, 0.3) is 0 Å². The predicted octanol–water partition coefficient (Wildman–Crippen LogP) is 4.39. The van der Waals surface area contributed by atoms with Gasteiger partial charge >= 0.3 is 0 Å². The van der Waals surface area contributed by atoms with Crippen LogP contribution in [0.2, 0.25) is 0 Å². The van der Waals surface area contributed by atoms with Crippen LogP contribution in [0.4, 0.5) is 0 Å². The topological polar surface area (TPSA) is 86.7 Å². The number of aliphatic hydroxyl groups is 2. The Morgan fingerprint density at radius 1 is 0.786 bits per heavy atom. The molecule has 0 heterocycles. The Balaban J connectivity index is 1.61. The summed E-state index contributed by atoms with van der Waals surface area (Å²) in [7, 11) is 0. The molecule has 5 N–H and O–H groups in total. The Morgan fingerprint density at radius 3 is 2.00 bits per heavy atom. The lowest BCUT2D eigenvalue weighted by Gasteiger charge is -2.13. The second kappa shape index (κ2) is 12.6. The summed E-state index contributed by atoms with van der Waals surface area (Å²) in [6.45, 7) is 0.550. The van der Waals surface area contributed by atoms with Gasteiger partial charge in [0.15, 0.2) is 0 Å². The second-order valence-corrected chi connectivity index (χ2v) is 7.58. The van der Waals surface area contributed by atoms with Crippen molar-refractivity contribution in [3.63, 3.8) is 0 Å². The first-order valence-corrected chi connectivity index (χ1v) is 10.5. The minimum absolute atomic E-state index is 0.0713. The Morgan fingerprint density at radius 2 is 1.39 bits per heavy atom. The summed E-state index contributed by atoms with van der Waals surface area (Å²) >= 11 is 0. The lowest BCUT2D eigenvalue weighted by Crippen LogP contribution is -1.99. The maximum atomic E-state index is 10.3. The van der Waals surface area contributed by atoms with E-state index in [1.54, 1.807) is 12.1 Å². The monoisotopic (exact) mass is 385 g/mol. The zero-order chi connectivity index (χ0) is 20.2. The van der Waals surface area contributed by atoms with Crippen molar-refractivity contribution in [2.75, 3.05) is 6.54 Å². The smallest absolute Gasteiger partial charge is 0.121 e. The molecule has 0 saturated carbocycles. The van der Waals surface area contributed by atoms with Gasteiger partial charge in [0.05, 0.1) is 12.7 Å². The van der Waals surface area contributed by atoms with E-state index in [2.05, 4.69) is 24.3 Å². The van der Waals surface area contributed by atoms with Crippen LogP contribution < -0.4 is 5.73 Å². The number of hydrogen-bond donors (Lipinski definition) is 4. The highest BCUT2D eigenvalue weighted by molar-refractivity contribution is 5.36. The molecule has 0 aliphatic rings. The second-order valence-electron chi connectivity index (χ2n) is 7.58. The molecule has 0 aliphatic heterocycles. The van der Waals surface area contributed by atoms with E-state index in [9.17, 15) is 15.3 Å². The van der Waals surface area contributed by atoms with Crippen LogP contribution in [0.15, 0.2) is 42.5 Å². The number of aromatic hydroxyl groups is 1. The minimum atomic E-state index is -0.544. The molecule has 154 valence electrons. The fourth-order valence-electron chi connectivity index (χ4n) is 3.47. The van der Waals surface area contributed by atoms with E-state index in [1.807, 2.05) is 0 Å². The van der Waals surface area contributed by atoms with Crippen molar-refractivity contribution in [3.05, 3.63) is 64.7 Å². The van der Waals surface area contributed by atoms with Crippen LogP contribution in [-0.4, -0.2) is 21.9 Å². The first-order chi connectivity index (χ1) is 13.6. The molecule has 0 unspecified atom stereocenters. The summed E-state index contributed by atoms with van der Waals surface area (Å²) in [6.07, 6.45) is 9.00. The molecule has 4 nitrogen and oxygen atoms in total. The summed E-state index contributed by atoms with van der Waals surface area (Å²) < 4.78 is 0. The number of unbranched alkanes of at least 4 members (excludes halogenated alkanes) is 4. The molecule has 28 heavy (non-hydrogen) atoms. The molecule has 2 aromatic carbocycles.